The second-order valence-corrected chi connectivity index (χ2v) is 10.0. The van der Waals surface area contributed by atoms with Gasteiger partial charge in [-0.2, -0.15) is 0 Å². The van der Waals surface area contributed by atoms with Gasteiger partial charge in [0.25, 0.3) is 0 Å². The fourth-order valence-corrected chi connectivity index (χ4v) is 5.63. The Morgan fingerprint density at radius 2 is 1.91 bits per heavy atom. The summed E-state index contributed by atoms with van der Waals surface area (Å²) in [6.45, 7) is 5.90. The summed E-state index contributed by atoms with van der Waals surface area (Å²) < 4.78 is 18.9. The largest absolute Gasteiger partial charge is 0.378 e. The lowest BCUT2D eigenvalue weighted by Gasteiger charge is -2.31. The van der Waals surface area contributed by atoms with Crippen LogP contribution in [0.3, 0.4) is 0 Å². The van der Waals surface area contributed by atoms with Crippen LogP contribution in [0, 0.1) is 17.7 Å². The van der Waals surface area contributed by atoms with Gasteiger partial charge in [-0.1, -0.05) is 32.1 Å². The molecule has 182 valence electrons. The number of carbonyl (C=O) groups is 2. The van der Waals surface area contributed by atoms with E-state index in [-0.39, 0.29) is 36.0 Å². The maximum absolute atomic E-state index is 13.5. The third-order valence-electron chi connectivity index (χ3n) is 7.41. The number of halogens is 1. The maximum atomic E-state index is 13.5. The fourth-order valence-electron chi connectivity index (χ4n) is 5.63. The summed E-state index contributed by atoms with van der Waals surface area (Å²) in [6, 6.07) is 4.88. The number of rotatable bonds is 8. The molecule has 2 heterocycles. The van der Waals surface area contributed by atoms with Crippen LogP contribution in [-0.4, -0.2) is 62.1 Å². The Morgan fingerprint density at radius 1 is 1.15 bits per heavy atom. The van der Waals surface area contributed by atoms with Gasteiger partial charge in [0.05, 0.1) is 13.2 Å². The molecule has 33 heavy (non-hydrogen) atoms. The number of hydrogen-bond donors (Lipinski definition) is 1. The van der Waals surface area contributed by atoms with E-state index in [0.29, 0.717) is 38.8 Å². The molecule has 1 saturated carbocycles. The molecule has 6 nitrogen and oxygen atoms in total. The van der Waals surface area contributed by atoms with Crippen LogP contribution in [0.1, 0.15) is 57.4 Å². The van der Waals surface area contributed by atoms with E-state index in [1.54, 1.807) is 6.07 Å². The van der Waals surface area contributed by atoms with Crippen molar-refractivity contribution in [3.05, 3.63) is 29.6 Å². The van der Waals surface area contributed by atoms with Gasteiger partial charge >= 0.3 is 0 Å². The Morgan fingerprint density at radius 3 is 2.67 bits per heavy atom. The lowest BCUT2D eigenvalue weighted by Crippen LogP contribution is -2.46. The number of amides is 2. The average molecular weight is 460 g/mol. The molecule has 7 heteroatoms. The third-order valence-corrected chi connectivity index (χ3v) is 7.41. The van der Waals surface area contributed by atoms with Crippen LogP contribution in [-0.2, 0) is 20.7 Å². The van der Waals surface area contributed by atoms with Crippen LogP contribution in [0.5, 0.6) is 0 Å². The van der Waals surface area contributed by atoms with Gasteiger partial charge in [-0.25, -0.2) is 4.39 Å². The minimum atomic E-state index is -0.286. The topological polar surface area (TPSA) is 61.9 Å². The summed E-state index contributed by atoms with van der Waals surface area (Å²) in [6.07, 6.45) is 7.94. The molecule has 2 atom stereocenters. The average Bonchev–Trinajstić information content (AvgIpc) is 3.21. The highest BCUT2D eigenvalue weighted by Gasteiger charge is 2.30. The zero-order chi connectivity index (χ0) is 23.2. The van der Waals surface area contributed by atoms with Gasteiger partial charge in [0.1, 0.15) is 5.82 Å². The van der Waals surface area contributed by atoms with Crippen molar-refractivity contribution in [1.82, 2.24) is 10.2 Å². The van der Waals surface area contributed by atoms with E-state index in [2.05, 4.69) is 10.2 Å². The van der Waals surface area contributed by atoms with E-state index in [1.807, 2.05) is 17.9 Å². The quantitative estimate of drug-likeness (QED) is 0.646. The van der Waals surface area contributed by atoms with Gasteiger partial charge in [0.15, 0.2) is 0 Å². The first kappa shape index (κ1) is 24.0. The summed E-state index contributed by atoms with van der Waals surface area (Å²) in [7, 11) is 0. The Balaban J connectivity index is 1.36. The standard InChI is InChI=1S/C26H38FN3O3/c1-19(18-30-10-9-21-16-23(27)7-8-24(21)30)28-26(32)22(15-20-5-3-2-4-6-20)17-25(31)29-11-13-33-14-12-29/h7-8,16,19-20,22H,2-6,9-15,17-18H2,1H3,(H,28,32)/t19-,22+/m0/s1. The zero-order valence-electron chi connectivity index (χ0n) is 19.9. The lowest BCUT2D eigenvalue weighted by atomic mass is 9.81. The minimum Gasteiger partial charge on any atom is -0.378 e. The van der Waals surface area contributed by atoms with Crippen LogP contribution in [0.25, 0.3) is 0 Å². The predicted molar refractivity (Wildman–Crippen MR) is 127 cm³/mol. The number of fused-ring (bicyclic) bond motifs is 1. The second kappa shape index (κ2) is 11.3. The molecule has 0 unspecified atom stereocenters. The first-order chi connectivity index (χ1) is 16.0. The molecule has 1 N–H and O–H groups in total. The highest BCUT2D eigenvalue weighted by Crippen LogP contribution is 2.31. The molecule has 2 aliphatic heterocycles. The summed E-state index contributed by atoms with van der Waals surface area (Å²) in [5.41, 5.74) is 2.08. The van der Waals surface area contributed by atoms with Crippen molar-refractivity contribution in [2.24, 2.45) is 11.8 Å². The first-order valence-electron chi connectivity index (χ1n) is 12.7. The molecular weight excluding hydrogens is 421 g/mol. The smallest absolute Gasteiger partial charge is 0.223 e. The van der Waals surface area contributed by atoms with Gasteiger partial charge < -0.3 is 19.9 Å². The molecule has 3 aliphatic rings. The molecule has 1 aromatic carbocycles. The Bertz CT molecular complexity index is 821. The van der Waals surface area contributed by atoms with Crippen molar-refractivity contribution in [3.8, 4) is 0 Å². The van der Waals surface area contributed by atoms with Crippen molar-refractivity contribution in [2.75, 3.05) is 44.3 Å². The number of hydrogen-bond acceptors (Lipinski definition) is 4. The molecule has 1 aromatic rings. The molecular formula is C26H38FN3O3. The van der Waals surface area contributed by atoms with Gasteiger partial charge in [-0.05, 0) is 49.4 Å². The third kappa shape index (κ3) is 6.46. The van der Waals surface area contributed by atoms with Crippen LogP contribution < -0.4 is 10.2 Å². The molecule has 1 aliphatic carbocycles. The monoisotopic (exact) mass is 459 g/mol. The number of nitrogens with zero attached hydrogens (tertiary/aromatic N) is 2. The highest BCUT2D eigenvalue weighted by molar-refractivity contribution is 5.86. The van der Waals surface area contributed by atoms with Crippen LogP contribution in [0.4, 0.5) is 10.1 Å². The second-order valence-electron chi connectivity index (χ2n) is 10.0. The number of anilines is 1. The summed E-state index contributed by atoms with van der Waals surface area (Å²) in [4.78, 5) is 30.3. The molecule has 0 radical (unpaired) electrons. The van der Waals surface area contributed by atoms with Gasteiger partial charge in [0.2, 0.25) is 11.8 Å². The molecule has 0 bridgehead atoms. The highest BCUT2D eigenvalue weighted by atomic mass is 19.1. The maximum Gasteiger partial charge on any atom is 0.223 e. The number of benzene rings is 1. The first-order valence-corrected chi connectivity index (χ1v) is 12.7. The normalized spacial score (nSPS) is 20.9. The molecule has 0 spiro atoms. The molecule has 4 rings (SSSR count). The Kier molecular flexibility index (Phi) is 8.23. The number of nitrogens with one attached hydrogen (secondary N) is 1. The van der Waals surface area contributed by atoms with Crippen molar-refractivity contribution < 1.29 is 18.7 Å². The van der Waals surface area contributed by atoms with Crippen LogP contribution in [0.2, 0.25) is 0 Å². The molecule has 0 aromatic heterocycles. The number of morpholine rings is 1. The minimum absolute atomic E-state index is 0.00629. The van der Waals surface area contributed by atoms with Crippen molar-refractivity contribution >= 4 is 17.5 Å². The summed E-state index contributed by atoms with van der Waals surface area (Å²) in [5.74, 6) is 0.103. The van der Waals surface area contributed by atoms with Crippen molar-refractivity contribution in [1.29, 1.82) is 0 Å². The van der Waals surface area contributed by atoms with E-state index in [0.717, 1.165) is 43.5 Å². The van der Waals surface area contributed by atoms with Crippen LogP contribution >= 0.6 is 0 Å². The van der Waals surface area contributed by atoms with E-state index >= 15 is 0 Å². The van der Waals surface area contributed by atoms with Crippen molar-refractivity contribution in [2.45, 2.75) is 64.3 Å². The zero-order valence-corrected chi connectivity index (χ0v) is 19.9. The summed E-state index contributed by atoms with van der Waals surface area (Å²) >= 11 is 0. The van der Waals surface area contributed by atoms with E-state index < -0.39 is 0 Å². The Hall–Kier alpha value is -2.15. The fraction of sp³-hybridized carbons (Fsp3) is 0.692. The number of carbonyl (C=O) groups excluding carboxylic acids is 2. The van der Waals surface area contributed by atoms with Crippen LogP contribution in [0.15, 0.2) is 18.2 Å². The Labute approximate surface area is 196 Å². The van der Waals surface area contributed by atoms with Crippen molar-refractivity contribution in [3.63, 3.8) is 0 Å². The molecule has 2 fully saturated rings. The predicted octanol–water partition coefficient (Wildman–Crippen LogP) is 3.53. The van der Waals surface area contributed by atoms with Gasteiger partial charge in [-0.3, -0.25) is 9.59 Å². The lowest BCUT2D eigenvalue weighted by molar-refractivity contribution is -0.140. The molecule has 1 saturated heterocycles. The van der Waals surface area contributed by atoms with E-state index in [9.17, 15) is 14.0 Å². The van der Waals surface area contributed by atoms with E-state index in [1.165, 1.54) is 25.3 Å². The van der Waals surface area contributed by atoms with Gasteiger partial charge in [-0.15, -0.1) is 0 Å². The van der Waals surface area contributed by atoms with E-state index in [4.69, 9.17) is 4.74 Å². The number of ether oxygens (including phenoxy) is 1. The molecule has 2 amide bonds. The summed E-state index contributed by atoms with van der Waals surface area (Å²) in [5, 5.41) is 3.20. The van der Waals surface area contributed by atoms with Gasteiger partial charge in [0, 0.05) is 50.2 Å². The SMILES string of the molecule is C[C@@H](CN1CCc2cc(F)ccc21)NC(=O)[C@@H](CC(=O)N1CCOCC1)CC1CCCCC1.